The van der Waals surface area contributed by atoms with Gasteiger partial charge in [-0.25, -0.2) is 4.98 Å². The van der Waals surface area contributed by atoms with E-state index in [9.17, 15) is 0 Å². The summed E-state index contributed by atoms with van der Waals surface area (Å²) in [7, 11) is 0. The van der Waals surface area contributed by atoms with Gasteiger partial charge in [-0.15, -0.1) is 11.3 Å². The van der Waals surface area contributed by atoms with Crippen LogP contribution in [0.4, 0.5) is 0 Å². The Morgan fingerprint density at radius 2 is 2.56 bits per heavy atom. The first kappa shape index (κ1) is 6.64. The lowest BCUT2D eigenvalue weighted by molar-refractivity contribution is 1.25. The van der Waals surface area contributed by atoms with Crippen LogP contribution in [-0.2, 0) is 0 Å². The number of rotatable bonds is 1. The third kappa shape index (κ3) is 1.46. The highest BCUT2D eigenvalue weighted by molar-refractivity contribution is 7.81. The number of hydrogen-bond donors (Lipinski definition) is 1. The van der Waals surface area contributed by atoms with Gasteiger partial charge in [-0.05, 0) is 6.92 Å². The fourth-order valence-electron chi connectivity index (χ4n) is 0.467. The number of thiazole rings is 1. The normalized spacial score (nSPS) is 9.44. The van der Waals surface area contributed by atoms with E-state index in [-0.39, 0.29) is 0 Å². The lowest BCUT2D eigenvalue weighted by atomic mass is 10.6. The van der Waals surface area contributed by atoms with E-state index in [0.29, 0.717) is 4.99 Å². The van der Waals surface area contributed by atoms with Crippen LogP contribution < -0.4 is 5.73 Å². The summed E-state index contributed by atoms with van der Waals surface area (Å²) in [6, 6.07) is 0. The molecule has 2 N–H and O–H groups in total. The summed E-state index contributed by atoms with van der Waals surface area (Å²) < 4.78 is 0. The largest absolute Gasteiger partial charge is 0.387 e. The Balaban J connectivity index is 2.98. The molecule has 0 saturated heterocycles. The van der Waals surface area contributed by atoms with Gasteiger partial charge in [0.2, 0.25) is 0 Å². The summed E-state index contributed by atoms with van der Waals surface area (Å²) in [6.07, 6.45) is 0. The summed E-state index contributed by atoms with van der Waals surface area (Å²) >= 11 is 6.18. The topological polar surface area (TPSA) is 38.9 Å². The van der Waals surface area contributed by atoms with E-state index in [4.69, 9.17) is 18.0 Å². The SMILES string of the molecule is Cc1csc(C(N)=S)n1. The van der Waals surface area contributed by atoms with Crippen molar-refractivity contribution in [2.75, 3.05) is 0 Å². The molecule has 0 amide bonds. The highest BCUT2D eigenvalue weighted by Gasteiger charge is 1.98. The molecule has 0 radical (unpaired) electrons. The number of nitrogens with zero attached hydrogens (tertiary/aromatic N) is 1. The van der Waals surface area contributed by atoms with Crippen LogP contribution in [0.15, 0.2) is 5.38 Å². The van der Waals surface area contributed by atoms with E-state index in [0.717, 1.165) is 10.7 Å². The highest BCUT2D eigenvalue weighted by atomic mass is 32.1. The Labute approximate surface area is 62.7 Å². The van der Waals surface area contributed by atoms with Gasteiger partial charge >= 0.3 is 0 Å². The molecule has 0 fully saturated rings. The minimum Gasteiger partial charge on any atom is -0.387 e. The monoisotopic (exact) mass is 158 g/mol. The maximum atomic E-state index is 5.31. The van der Waals surface area contributed by atoms with Crippen molar-refractivity contribution < 1.29 is 0 Å². The third-order valence-corrected chi connectivity index (χ3v) is 2.15. The molecule has 1 aromatic rings. The molecule has 0 unspecified atom stereocenters. The van der Waals surface area contributed by atoms with Gasteiger partial charge in [0.05, 0.1) is 0 Å². The Morgan fingerprint density at radius 3 is 2.78 bits per heavy atom. The van der Waals surface area contributed by atoms with E-state index < -0.39 is 0 Å². The predicted octanol–water partition coefficient (Wildman–Crippen LogP) is 1.09. The van der Waals surface area contributed by atoms with Crippen LogP contribution in [-0.4, -0.2) is 9.97 Å². The lowest BCUT2D eigenvalue weighted by Gasteiger charge is -1.84. The van der Waals surface area contributed by atoms with Crippen molar-refractivity contribution in [3.63, 3.8) is 0 Å². The molecule has 0 aliphatic rings. The molecule has 1 aromatic heterocycles. The smallest absolute Gasteiger partial charge is 0.150 e. The van der Waals surface area contributed by atoms with Gasteiger partial charge in [0.1, 0.15) is 4.99 Å². The number of hydrogen-bond acceptors (Lipinski definition) is 3. The lowest BCUT2D eigenvalue weighted by Crippen LogP contribution is -2.08. The van der Waals surface area contributed by atoms with Crippen LogP contribution >= 0.6 is 23.6 Å². The zero-order chi connectivity index (χ0) is 6.85. The zero-order valence-corrected chi connectivity index (χ0v) is 6.55. The van der Waals surface area contributed by atoms with Crippen LogP contribution in [0.5, 0.6) is 0 Å². The summed E-state index contributed by atoms with van der Waals surface area (Å²) in [5.74, 6) is 0. The van der Waals surface area contributed by atoms with E-state index in [1.165, 1.54) is 11.3 Å². The quantitative estimate of drug-likeness (QED) is 0.622. The first-order valence-electron chi connectivity index (χ1n) is 2.42. The number of aryl methyl sites for hydroxylation is 1. The van der Waals surface area contributed by atoms with E-state index >= 15 is 0 Å². The van der Waals surface area contributed by atoms with Crippen LogP contribution in [0.2, 0.25) is 0 Å². The second-order valence-corrected chi connectivity index (χ2v) is 2.96. The summed E-state index contributed by atoms with van der Waals surface area (Å²) in [6.45, 7) is 1.91. The summed E-state index contributed by atoms with van der Waals surface area (Å²) in [5, 5.41) is 2.68. The van der Waals surface area contributed by atoms with Crippen LogP contribution in [0.25, 0.3) is 0 Å². The van der Waals surface area contributed by atoms with Gasteiger partial charge < -0.3 is 5.73 Å². The highest BCUT2D eigenvalue weighted by Crippen LogP contribution is 2.07. The van der Waals surface area contributed by atoms with Crippen molar-refractivity contribution in [2.24, 2.45) is 5.73 Å². The van der Waals surface area contributed by atoms with E-state index in [2.05, 4.69) is 4.98 Å². The fourth-order valence-corrected chi connectivity index (χ4v) is 1.30. The molecule has 0 aliphatic carbocycles. The maximum absolute atomic E-state index is 5.31. The number of nitrogens with two attached hydrogens (primary N) is 1. The van der Waals surface area contributed by atoms with Gasteiger partial charge in [0, 0.05) is 11.1 Å². The van der Waals surface area contributed by atoms with Crippen molar-refractivity contribution in [3.8, 4) is 0 Å². The van der Waals surface area contributed by atoms with E-state index in [1.807, 2.05) is 12.3 Å². The molecule has 1 rings (SSSR count). The van der Waals surface area contributed by atoms with E-state index in [1.54, 1.807) is 0 Å². The average molecular weight is 158 g/mol. The fraction of sp³-hybridized carbons (Fsp3) is 0.200. The number of aromatic nitrogens is 1. The van der Waals surface area contributed by atoms with Gasteiger partial charge in [0.15, 0.2) is 5.01 Å². The van der Waals surface area contributed by atoms with Gasteiger partial charge in [-0.1, -0.05) is 12.2 Å². The maximum Gasteiger partial charge on any atom is 0.150 e. The van der Waals surface area contributed by atoms with Crippen LogP contribution in [0.3, 0.4) is 0 Å². The Morgan fingerprint density at radius 1 is 1.89 bits per heavy atom. The second-order valence-electron chi connectivity index (χ2n) is 1.66. The molecule has 0 saturated carbocycles. The third-order valence-electron chi connectivity index (χ3n) is 0.830. The molecule has 1 heterocycles. The summed E-state index contributed by atoms with van der Waals surface area (Å²) in [4.78, 5) is 4.44. The van der Waals surface area contributed by atoms with Gasteiger partial charge in [-0.2, -0.15) is 0 Å². The second kappa shape index (κ2) is 2.41. The van der Waals surface area contributed by atoms with Crippen LogP contribution in [0, 0.1) is 6.92 Å². The molecular weight excluding hydrogens is 152 g/mol. The molecule has 0 spiro atoms. The Kier molecular flexibility index (Phi) is 1.78. The van der Waals surface area contributed by atoms with Crippen molar-refractivity contribution in [1.29, 1.82) is 0 Å². The minimum atomic E-state index is 0.383. The molecule has 0 aliphatic heterocycles. The first-order valence-corrected chi connectivity index (χ1v) is 3.71. The average Bonchev–Trinajstić information content (AvgIpc) is 2.14. The van der Waals surface area contributed by atoms with Crippen molar-refractivity contribution in [2.45, 2.75) is 6.92 Å². The van der Waals surface area contributed by atoms with Gasteiger partial charge in [0.25, 0.3) is 0 Å². The molecule has 0 atom stereocenters. The number of thiocarbonyl (C=S) groups is 1. The molecular formula is C5H6N2S2. The van der Waals surface area contributed by atoms with Crippen molar-refractivity contribution in [3.05, 3.63) is 16.1 Å². The first-order chi connectivity index (χ1) is 4.20. The van der Waals surface area contributed by atoms with Crippen LogP contribution in [0.1, 0.15) is 10.7 Å². The standard InChI is InChI=1S/C5H6N2S2/c1-3-2-9-5(7-3)4(6)8/h2H,1H3,(H2,6,8). The molecule has 48 valence electrons. The molecule has 9 heavy (non-hydrogen) atoms. The molecule has 4 heteroatoms. The Hall–Kier alpha value is -0.480. The zero-order valence-electron chi connectivity index (χ0n) is 4.92. The molecule has 0 bridgehead atoms. The van der Waals surface area contributed by atoms with Crippen molar-refractivity contribution >= 4 is 28.5 Å². The molecule has 0 aromatic carbocycles. The van der Waals surface area contributed by atoms with Gasteiger partial charge in [-0.3, -0.25) is 0 Å². The van der Waals surface area contributed by atoms with Crippen molar-refractivity contribution in [1.82, 2.24) is 4.98 Å². The summed E-state index contributed by atoms with van der Waals surface area (Å²) in [5.41, 5.74) is 6.28. The minimum absolute atomic E-state index is 0.383. The Bertz CT molecular complexity index is 229. The molecule has 2 nitrogen and oxygen atoms in total. The predicted molar refractivity (Wildman–Crippen MR) is 42.7 cm³/mol.